The van der Waals surface area contributed by atoms with E-state index in [-0.39, 0.29) is 11.8 Å². The van der Waals surface area contributed by atoms with E-state index in [1.807, 2.05) is 36.4 Å². The smallest absolute Gasteiger partial charge is 0.165 e. The van der Waals surface area contributed by atoms with Crippen LogP contribution >= 0.6 is 0 Å². The lowest BCUT2D eigenvalue weighted by Crippen LogP contribution is -2.28. The van der Waals surface area contributed by atoms with Crippen molar-refractivity contribution in [2.45, 2.75) is 25.3 Å². The number of carbonyl (C=O) groups is 1. The Balaban J connectivity index is 1.56. The van der Waals surface area contributed by atoms with Crippen molar-refractivity contribution in [3.63, 3.8) is 0 Å². The van der Waals surface area contributed by atoms with Gasteiger partial charge in [-0.05, 0) is 35.2 Å². The lowest BCUT2D eigenvalue weighted by molar-refractivity contribution is 0.0977. The molecule has 1 aliphatic heterocycles. The fourth-order valence-corrected chi connectivity index (χ4v) is 3.46. The van der Waals surface area contributed by atoms with E-state index in [9.17, 15) is 4.79 Å². The molecule has 0 unspecified atom stereocenters. The lowest BCUT2D eigenvalue weighted by atomic mass is 9.92. The first-order valence-electron chi connectivity index (χ1n) is 8.17. The van der Waals surface area contributed by atoms with Gasteiger partial charge >= 0.3 is 0 Å². The molecule has 23 heavy (non-hydrogen) atoms. The number of anilines is 1. The number of fused-ring (bicyclic) bond motifs is 2. The maximum Gasteiger partial charge on any atom is 0.165 e. The average Bonchev–Trinajstić information content (AvgIpc) is 2.61. The summed E-state index contributed by atoms with van der Waals surface area (Å²) in [5.41, 5.74) is 3.36. The van der Waals surface area contributed by atoms with Crippen molar-refractivity contribution in [3.8, 4) is 0 Å². The number of ketones is 1. The van der Waals surface area contributed by atoms with Crippen LogP contribution in [0.15, 0.2) is 66.7 Å². The minimum Gasteiger partial charge on any atom is -0.382 e. The van der Waals surface area contributed by atoms with E-state index in [2.05, 4.69) is 35.6 Å². The zero-order valence-electron chi connectivity index (χ0n) is 13.0. The highest BCUT2D eigenvalue weighted by molar-refractivity contribution is 6.08. The second-order valence-corrected chi connectivity index (χ2v) is 6.19. The molecule has 0 aromatic heterocycles. The number of para-hydroxylation sites is 1. The number of rotatable bonds is 3. The third-order valence-electron chi connectivity index (χ3n) is 4.66. The van der Waals surface area contributed by atoms with Crippen LogP contribution < -0.4 is 5.32 Å². The Labute approximate surface area is 136 Å². The van der Waals surface area contributed by atoms with Gasteiger partial charge in [-0.1, -0.05) is 60.7 Å². The van der Waals surface area contributed by atoms with Crippen LogP contribution in [0.5, 0.6) is 0 Å². The molecule has 0 saturated heterocycles. The van der Waals surface area contributed by atoms with Crippen LogP contribution in [0.4, 0.5) is 5.69 Å². The average molecular weight is 301 g/mol. The van der Waals surface area contributed by atoms with Crippen molar-refractivity contribution < 1.29 is 4.79 Å². The van der Waals surface area contributed by atoms with Gasteiger partial charge in [0, 0.05) is 23.7 Å². The molecule has 3 aromatic rings. The molecule has 114 valence electrons. The maximum atomic E-state index is 12.8. The van der Waals surface area contributed by atoms with E-state index < -0.39 is 0 Å². The summed E-state index contributed by atoms with van der Waals surface area (Å²) < 4.78 is 0. The van der Waals surface area contributed by atoms with E-state index in [1.165, 1.54) is 11.3 Å². The third-order valence-corrected chi connectivity index (χ3v) is 4.66. The first-order chi connectivity index (χ1) is 11.3. The highest BCUT2D eigenvalue weighted by atomic mass is 16.1. The number of Topliss-reactive ketones (excluding diaryl/α,β-unsaturated/α-hetero) is 1. The van der Waals surface area contributed by atoms with E-state index in [0.717, 1.165) is 29.2 Å². The van der Waals surface area contributed by atoms with Gasteiger partial charge < -0.3 is 5.32 Å². The van der Waals surface area contributed by atoms with Crippen LogP contribution in [0.1, 0.15) is 28.8 Å². The zero-order valence-corrected chi connectivity index (χ0v) is 13.0. The lowest BCUT2D eigenvalue weighted by Gasteiger charge is -2.26. The molecule has 1 heterocycles. The Morgan fingerprint density at radius 1 is 0.957 bits per heavy atom. The highest BCUT2D eigenvalue weighted by Crippen LogP contribution is 2.27. The minimum absolute atomic E-state index is 0.219. The van der Waals surface area contributed by atoms with E-state index in [4.69, 9.17) is 0 Å². The van der Waals surface area contributed by atoms with Crippen LogP contribution in [0, 0.1) is 0 Å². The molecule has 0 radical (unpaired) electrons. The maximum absolute atomic E-state index is 12.8. The topological polar surface area (TPSA) is 29.1 Å². The fourth-order valence-electron chi connectivity index (χ4n) is 3.46. The molecule has 1 atom stereocenters. The molecular weight excluding hydrogens is 282 g/mol. The van der Waals surface area contributed by atoms with Crippen molar-refractivity contribution in [2.75, 3.05) is 5.32 Å². The Bertz CT molecular complexity index is 863. The number of nitrogens with one attached hydrogen (secondary N) is 1. The second kappa shape index (κ2) is 5.88. The quantitative estimate of drug-likeness (QED) is 0.701. The second-order valence-electron chi connectivity index (χ2n) is 6.19. The predicted molar refractivity (Wildman–Crippen MR) is 95.1 cm³/mol. The fraction of sp³-hybridized carbons (Fsp3) is 0.190. The molecule has 0 amide bonds. The molecule has 1 N–H and O–H groups in total. The Morgan fingerprint density at radius 3 is 2.70 bits per heavy atom. The normalized spacial score (nSPS) is 16.6. The van der Waals surface area contributed by atoms with Gasteiger partial charge in [-0.2, -0.15) is 0 Å². The molecule has 0 aliphatic carbocycles. The third kappa shape index (κ3) is 2.72. The number of hydrogen-bond donors (Lipinski definition) is 1. The standard InChI is InChI=1S/C21H19NO/c23-21(19-10-5-8-15-6-1-3-9-18(15)19)14-17-13-12-16-7-2-4-11-20(16)22-17/h1-11,17,22H,12-14H2/t17-/m1/s1. The van der Waals surface area contributed by atoms with Gasteiger partial charge in [-0.25, -0.2) is 0 Å². The van der Waals surface area contributed by atoms with Crippen molar-refractivity contribution in [1.29, 1.82) is 0 Å². The molecule has 4 rings (SSSR count). The van der Waals surface area contributed by atoms with Crippen LogP contribution in [0.25, 0.3) is 10.8 Å². The molecule has 2 heteroatoms. The van der Waals surface area contributed by atoms with Crippen LogP contribution in [0.2, 0.25) is 0 Å². The summed E-state index contributed by atoms with van der Waals surface area (Å²) in [6.45, 7) is 0. The number of benzene rings is 3. The monoisotopic (exact) mass is 301 g/mol. The van der Waals surface area contributed by atoms with E-state index in [1.54, 1.807) is 0 Å². The molecule has 3 aromatic carbocycles. The zero-order chi connectivity index (χ0) is 15.6. The van der Waals surface area contributed by atoms with Gasteiger partial charge in [0.1, 0.15) is 0 Å². The molecule has 0 fully saturated rings. The van der Waals surface area contributed by atoms with Gasteiger partial charge in [0.15, 0.2) is 5.78 Å². The Hall–Kier alpha value is -2.61. The van der Waals surface area contributed by atoms with Crippen molar-refractivity contribution >= 4 is 22.2 Å². The van der Waals surface area contributed by atoms with Crippen molar-refractivity contribution in [2.24, 2.45) is 0 Å². The summed E-state index contributed by atoms with van der Waals surface area (Å²) in [7, 11) is 0. The van der Waals surface area contributed by atoms with Crippen LogP contribution in [-0.2, 0) is 6.42 Å². The summed E-state index contributed by atoms with van der Waals surface area (Å²) in [5.74, 6) is 0.221. The predicted octanol–water partition coefficient (Wildman–Crippen LogP) is 4.84. The first-order valence-corrected chi connectivity index (χ1v) is 8.17. The van der Waals surface area contributed by atoms with Gasteiger partial charge in [-0.3, -0.25) is 4.79 Å². The van der Waals surface area contributed by atoms with Crippen LogP contribution in [-0.4, -0.2) is 11.8 Å². The van der Waals surface area contributed by atoms with Gasteiger partial charge in [0.2, 0.25) is 0 Å². The summed E-state index contributed by atoms with van der Waals surface area (Å²) in [6.07, 6.45) is 2.59. The highest BCUT2D eigenvalue weighted by Gasteiger charge is 2.21. The Kier molecular flexibility index (Phi) is 3.58. The van der Waals surface area contributed by atoms with Gasteiger partial charge in [0.05, 0.1) is 0 Å². The van der Waals surface area contributed by atoms with E-state index in [0.29, 0.717) is 6.42 Å². The number of hydrogen-bond acceptors (Lipinski definition) is 2. The summed E-state index contributed by atoms with van der Waals surface area (Å²) >= 11 is 0. The summed E-state index contributed by atoms with van der Waals surface area (Å²) in [4.78, 5) is 12.8. The largest absolute Gasteiger partial charge is 0.382 e. The minimum atomic E-state index is 0.219. The SMILES string of the molecule is O=C(C[C@H]1CCc2ccccc2N1)c1cccc2ccccc12. The van der Waals surface area contributed by atoms with Crippen LogP contribution in [0.3, 0.4) is 0 Å². The number of carbonyl (C=O) groups excluding carboxylic acids is 1. The summed E-state index contributed by atoms with van der Waals surface area (Å²) in [6, 6.07) is 22.7. The molecule has 1 aliphatic rings. The molecule has 2 nitrogen and oxygen atoms in total. The van der Waals surface area contributed by atoms with E-state index >= 15 is 0 Å². The number of aryl methyl sites for hydroxylation is 1. The first kappa shape index (κ1) is 14.0. The van der Waals surface area contributed by atoms with Gasteiger partial charge in [0.25, 0.3) is 0 Å². The molecular formula is C21H19NO. The van der Waals surface area contributed by atoms with Crippen molar-refractivity contribution in [3.05, 3.63) is 77.9 Å². The molecule has 0 saturated carbocycles. The Morgan fingerprint density at radius 2 is 1.74 bits per heavy atom. The summed E-state index contributed by atoms with van der Waals surface area (Å²) in [5, 5.41) is 5.70. The van der Waals surface area contributed by atoms with Crippen molar-refractivity contribution in [1.82, 2.24) is 0 Å². The van der Waals surface area contributed by atoms with Gasteiger partial charge in [-0.15, -0.1) is 0 Å². The molecule has 0 bridgehead atoms. The molecule has 0 spiro atoms.